The van der Waals surface area contributed by atoms with Crippen molar-refractivity contribution in [1.82, 2.24) is 5.43 Å². The highest BCUT2D eigenvalue weighted by molar-refractivity contribution is 9.10. The van der Waals surface area contributed by atoms with Crippen molar-refractivity contribution in [2.24, 2.45) is 5.84 Å². The Morgan fingerprint density at radius 1 is 1.16 bits per heavy atom. The van der Waals surface area contributed by atoms with E-state index in [1.54, 1.807) is 0 Å². The maximum Gasteiger partial charge on any atom is 0.0515 e. The van der Waals surface area contributed by atoms with Crippen LogP contribution in [0.1, 0.15) is 17.2 Å². The summed E-state index contributed by atoms with van der Waals surface area (Å²) in [6.07, 6.45) is 0.721. The fraction of sp³-hybridized carbons (Fsp3) is 0.143. The summed E-state index contributed by atoms with van der Waals surface area (Å²) in [6, 6.07) is 13.4. The van der Waals surface area contributed by atoms with Crippen LogP contribution >= 0.6 is 39.1 Å². The third-order valence-electron chi connectivity index (χ3n) is 2.87. The van der Waals surface area contributed by atoms with Gasteiger partial charge < -0.3 is 0 Å². The molecule has 0 amide bonds. The van der Waals surface area contributed by atoms with Crippen LogP contribution in [0.2, 0.25) is 10.0 Å². The Labute approximate surface area is 131 Å². The molecule has 19 heavy (non-hydrogen) atoms. The molecule has 0 aromatic heterocycles. The van der Waals surface area contributed by atoms with Gasteiger partial charge in [-0.3, -0.25) is 11.3 Å². The summed E-state index contributed by atoms with van der Waals surface area (Å²) in [5, 5.41) is 1.40. The number of nitrogens with one attached hydrogen (secondary N) is 1. The van der Waals surface area contributed by atoms with E-state index < -0.39 is 0 Å². The van der Waals surface area contributed by atoms with Crippen LogP contribution in [0.15, 0.2) is 46.9 Å². The summed E-state index contributed by atoms with van der Waals surface area (Å²) in [6.45, 7) is 0. The lowest BCUT2D eigenvalue weighted by molar-refractivity contribution is 0.552. The molecule has 2 aromatic carbocycles. The molecular formula is C14H13BrCl2N2. The number of rotatable bonds is 4. The van der Waals surface area contributed by atoms with E-state index >= 15 is 0 Å². The second-order valence-corrected chi connectivity index (χ2v) is 5.98. The zero-order chi connectivity index (χ0) is 13.8. The van der Waals surface area contributed by atoms with E-state index in [0.29, 0.717) is 5.02 Å². The van der Waals surface area contributed by atoms with E-state index in [1.165, 1.54) is 0 Å². The van der Waals surface area contributed by atoms with Crippen LogP contribution in [-0.2, 0) is 6.42 Å². The van der Waals surface area contributed by atoms with Crippen LogP contribution < -0.4 is 11.3 Å². The summed E-state index contributed by atoms with van der Waals surface area (Å²) in [4.78, 5) is 0. The Kier molecular flexibility index (Phi) is 5.25. The first-order chi connectivity index (χ1) is 9.10. The molecule has 0 bridgehead atoms. The highest BCUT2D eigenvalue weighted by Crippen LogP contribution is 2.28. The number of benzene rings is 2. The number of hydrazine groups is 1. The third kappa shape index (κ3) is 3.94. The van der Waals surface area contributed by atoms with Crippen molar-refractivity contribution in [3.05, 3.63) is 68.1 Å². The molecule has 1 unspecified atom stereocenters. The minimum absolute atomic E-state index is 0.0564. The summed E-state index contributed by atoms with van der Waals surface area (Å²) in [7, 11) is 0. The molecule has 0 radical (unpaired) electrons. The van der Waals surface area contributed by atoms with E-state index in [1.807, 2.05) is 42.5 Å². The molecule has 100 valence electrons. The number of nitrogens with two attached hydrogens (primary N) is 1. The molecule has 0 fully saturated rings. The number of halogens is 3. The van der Waals surface area contributed by atoms with Crippen molar-refractivity contribution >= 4 is 39.1 Å². The molecule has 0 spiro atoms. The Morgan fingerprint density at radius 2 is 1.95 bits per heavy atom. The maximum atomic E-state index is 6.25. The average molecular weight is 360 g/mol. The molecule has 3 N–H and O–H groups in total. The molecule has 1 atom stereocenters. The highest BCUT2D eigenvalue weighted by atomic mass is 79.9. The second kappa shape index (κ2) is 6.73. The largest absolute Gasteiger partial charge is 0.271 e. The minimum atomic E-state index is -0.0564. The lowest BCUT2D eigenvalue weighted by Crippen LogP contribution is -2.29. The topological polar surface area (TPSA) is 38.0 Å². The van der Waals surface area contributed by atoms with Gasteiger partial charge in [-0.15, -0.1) is 0 Å². The average Bonchev–Trinajstić information content (AvgIpc) is 2.37. The van der Waals surface area contributed by atoms with Crippen LogP contribution in [0.3, 0.4) is 0 Å². The van der Waals surface area contributed by atoms with Crippen molar-refractivity contribution in [2.75, 3.05) is 0 Å². The second-order valence-electron chi connectivity index (χ2n) is 4.22. The molecule has 2 nitrogen and oxygen atoms in total. The van der Waals surface area contributed by atoms with Gasteiger partial charge in [0, 0.05) is 14.5 Å². The van der Waals surface area contributed by atoms with Crippen molar-refractivity contribution in [1.29, 1.82) is 0 Å². The Morgan fingerprint density at radius 3 is 2.58 bits per heavy atom. The zero-order valence-electron chi connectivity index (χ0n) is 10.0. The lowest BCUT2D eigenvalue weighted by atomic mass is 9.99. The maximum absolute atomic E-state index is 6.25. The molecule has 0 aliphatic rings. The van der Waals surface area contributed by atoms with E-state index in [4.69, 9.17) is 29.0 Å². The van der Waals surface area contributed by atoms with E-state index in [0.717, 1.165) is 27.0 Å². The molecule has 2 rings (SSSR count). The fourth-order valence-electron chi connectivity index (χ4n) is 1.94. The Bertz CT molecular complexity index is 575. The molecule has 0 aliphatic carbocycles. The zero-order valence-corrected chi connectivity index (χ0v) is 13.1. The predicted octanol–water partition coefficient (Wildman–Crippen LogP) is 4.50. The quantitative estimate of drug-likeness (QED) is 0.622. The molecule has 0 saturated heterocycles. The summed E-state index contributed by atoms with van der Waals surface area (Å²) >= 11 is 15.6. The van der Waals surface area contributed by atoms with Gasteiger partial charge in [0.1, 0.15) is 0 Å². The van der Waals surface area contributed by atoms with Crippen LogP contribution in [0.5, 0.6) is 0 Å². The normalized spacial score (nSPS) is 12.4. The van der Waals surface area contributed by atoms with E-state index in [-0.39, 0.29) is 6.04 Å². The smallest absolute Gasteiger partial charge is 0.0515 e. The highest BCUT2D eigenvalue weighted by Gasteiger charge is 2.14. The first-order valence-electron chi connectivity index (χ1n) is 5.75. The predicted molar refractivity (Wildman–Crippen MR) is 84.4 cm³/mol. The number of hydrogen-bond donors (Lipinski definition) is 2. The van der Waals surface area contributed by atoms with Gasteiger partial charge in [0.05, 0.1) is 6.04 Å². The van der Waals surface area contributed by atoms with Crippen LogP contribution in [0.25, 0.3) is 0 Å². The van der Waals surface area contributed by atoms with Gasteiger partial charge in [-0.1, -0.05) is 57.3 Å². The van der Waals surface area contributed by atoms with Crippen molar-refractivity contribution < 1.29 is 0 Å². The van der Waals surface area contributed by atoms with Crippen LogP contribution in [0, 0.1) is 0 Å². The van der Waals surface area contributed by atoms with Gasteiger partial charge in [-0.25, -0.2) is 0 Å². The first kappa shape index (κ1) is 14.8. The summed E-state index contributed by atoms with van der Waals surface area (Å²) in [5.74, 6) is 5.64. The minimum Gasteiger partial charge on any atom is -0.271 e. The van der Waals surface area contributed by atoms with E-state index in [2.05, 4.69) is 21.4 Å². The van der Waals surface area contributed by atoms with Crippen molar-refractivity contribution in [2.45, 2.75) is 12.5 Å². The van der Waals surface area contributed by atoms with E-state index in [9.17, 15) is 0 Å². The molecule has 0 heterocycles. The molecule has 2 aromatic rings. The van der Waals surface area contributed by atoms with Gasteiger partial charge >= 0.3 is 0 Å². The van der Waals surface area contributed by atoms with Crippen molar-refractivity contribution in [3.63, 3.8) is 0 Å². The monoisotopic (exact) mass is 358 g/mol. The van der Waals surface area contributed by atoms with Crippen LogP contribution in [0.4, 0.5) is 0 Å². The summed E-state index contributed by atoms with van der Waals surface area (Å²) in [5.41, 5.74) is 4.87. The summed E-state index contributed by atoms with van der Waals surface area (Å²) < 4.78 is 0.944. The van der Waals surface area contributed by atoms with Gasteiger partial charge in [-0.2, -0.15) is 0 Å². The van der Waals surface area contributed by atoms with Crippen LogP contribution in [-0.4, -0.2) is 0 Å². The van der Waals surface area contributed by atoms with Gasteiger partial charge in [0.2, 0.25) is 0 Å². The SMILES string of the molecule is NNC(Cc1cccc(Cl)c1)c1ccc(Br)cc1Cl. The standard InChI is InChI=1S/C14H13BrCl2N2/c15-10-4-5-12(13(17)8-10)14(19-18)7-9-2-1-3-11(16)6-9/h1-6,8,14,19H,7,18H2. The van der Waals surface area contributed by atoms with Crippen molar-refractivity contribution in [3.8, 4) is 0 Å². The number of hydrogen-bond acceptors (Lipinski definition) is 2. The fourth-order valence-corrected chi connectivity index (χ4v) is 2.96. The molecule has 5 heteroatoms. The van der Waals surface area contributed by atoms with Gasteiger partial charge in [-0.05, 0) is 41.8 Å². The Hall–Kier alpha value is -0.580. The third-order valence-corrected chi connectivity index (χ3v) is 3.92. The van der Waals surface area contributed by atoms with Gasteiger partial charge in [0.15, 0.2) is 0 Å². The molecule has 0 saturated carbocycles. The Balaban J connectivity index is 2.25. The molecule has 0 aliphatic heterocycles. The molecular weight excluding hydrogens is 347 g/mol. The first-order valence-corrected chi connectivity index (χ1v) is 7.30. The lowest BCUT2D eigenvalue weighted by Gasteiger charge is -2.18. The van der Waals surface area contributed by atoms with Gasteiger partial charge in [0.25, 0.3) is 0 Å².